The van der Waals surface area contributed by atoms with Gasteiger partial charge in [0.1, 0.15) is 0 Å². The summed E-state index contributed by atoms with van der Waals surface area (Å²) >= 11 is 0. The average Bonchev–Trinajstić information content (AvgIpc) is 2.68. The third kappa shape index (κ3) is 1.83. The number of carbonyl (C=O) groups excluding carboxylic acids is 2. The molecule has 4 nitrogen and oxygen atoms in total. The molecular weight excluding hydrogens is 192 g/mol. The summed E-state index contributed by atoms with van der Waals surface area (Å²) in [6, 6.07) is 9.16. The predicted octanol–water partition coefficient (Wildman–Crippen LogP) is 1.19. The van der Waals surface area contributed by atoms with Gasteiger partial charge in [0.15, 0.2) is 0 Å². The number of para-hydroxylation sites is 1. The van der Waals surface area contributed by atoms with Crippen molar-refractivity contribution in [2.75, 3.05) is 11.6 Å². The summed E-state index contributed by atoms with van der Waals surface area (Å²) in [7, 11) is 0. The fourth-order valence-electron chi connectivity index (χ4n) is 1.70. The summed E-state index contributed by atoms with van der Waals surface area (Å²) in [5.74, 6) is 0.00551. The molecule has 1 aromatic carbocycles. The van der Waals surface area contributed by atoms with Gasteiger partial charge in [-0.2, -0.15) is 0 Å². The Hall–Kier alpha value is -1.84. The van der Waals surface area contributed by atoms with Gasteiger partial charge in [0.2, 0.25) is 12.3 Å². The molecule has 0 bridgehead atoms. The zero-order valence-electron chi connectivity index (χ0n) is 8.30. The molecule has 4 heteroatoms. The minimum absolute atomic E-state index is 0.00551. The molecule has 1 aliphatic heterocycles. The first-order valence-electron chi connectivity index (χ1n) is 4.93. The van der Waals surface area contributed by atoms with E-state index in [1.54, 1.807) is 12.1 Å². The van der Waals surface area contributed by atoms with Gasteiger partial charge in [-0.25, -0.2) is 10.0 Å². The molecule has 0 saturated carbocycles. The highest BCUT2D eigenvalue weighted by molar-refractivity contribution is 5.86. The highest BCUT2D eigenvalue weighted by atomic mass is 16.2. The maximum atomic E-state index is 11.5. The van der Waals surface area contributed by atoms with Crippen LogP contribution in [0.4, 0.5) is 5.69 Å². The van der Waals surface area contributed by atoms with Gasteiger partial charge in [0.05, 0.1) is 5.69 Å². The number of hydrogen-bond donors (Lipinski definition) is 0. The van der Waals surface area contributed by atoms with E-state index >= 15 is 0 Å². The molecule has 0 aromatic heterocycles. The van der Waals surface area contributed by atoms with Gasteiger partial charge in [-0.1, -0.05) is 18.2 Å². The molecule has 1 fully saturated rings. The van der Waals surface area contributed by atoms with Crippen LogP contribution < -0.4 is 5.01 Å². The molecule has 15 heavy (non-hydrogen) atoms. The molecule has 78 valence electrons. The molecule has 1 aliphatic rings. The second-order valence-electron chi connectivity index (χ2n) is 3.41. The number of carbonyl (C=O) groups is 2. The van der Waals surface area contributed by atoms with Crippen LogP contribution in [0.15, 0.2) is 30.3 Å². The van der Waals surface area contributed by atoms with Crippen LogP contribution in [0, 0.1) is 0 Å². The highest BCUT2D eigenvalue weighted by Crippen LogP contribution is 2.19. The lowest BCUT2D eigenvalue weighted by Gasteiger charge is -2.27. The van der Waals surface area contributed by atoms with E-state index in [9.17, 15) is 9.59 Å². The van der Waals surface area contributed by atoms with Crippen molar-refractivity contribution in [1.82, 2.24) is 5.01 Å². The zero-order valence-corrected chi connectivity index (χ0v) is 8.30. The molecular formula is C11H12N2O2. The van der Waals surface area contributed by atoms with Crippen LogP contribution in [0.1, 0.15) is 12.8 Å². The summed E-state index contributed by atoms with van der Waals surface area (Å²) < 4.78 is 0. The van der Waals surface area contributed by atoms with Crippen LogP contribution in [0.2, 0.25) is 0 Å². The standard InChI is InChI=1S/C11H12N2O2/c14-9-13(10-5-2-1-3-6-10)12-8-4-7-11(12)15/h1-3,5-6,9H,4,7-8H2. The van der Waals surface area contributed by atoms with E-state index in [0.717, 1.165) is 12.1 Å². The maximum absolute atomic E-state index is 11.5. The molecule has 2 rings (SSSR count). The Labute approximate surface area is 88.1 Å². The summed E-state index contributed by atoms with van der Waals surface area (Å²) in [5.41, 5.74) is 0.725. The molecule has 1 saturated heterocycles. The van der Waals surface area contributed by atoms with Gasteiger partial charge in [-0.3, -0.25) is 9.59 Å². The molecule has 1 aromatic rings. The van der Waals surface area contributed by atoms with E-state index in [4.69, 9.17) is 0 Å². The Balaban J connectivity index is 2.24. The van der Waals surface area contributed by atoms with Crippen LogP contribution in [-0.2, 0) is 9.59 Å². The minimum Gasteiger partial charge on any atom is -0.276 e. The summed E-state index contributed by atoms with van der Waals surface area (Å²) in [6.45, 7) is 0.618. The Bertz CT molecular complexity index is 364. The van der Waals surface area contributed by atoms with Crippen molar-refractivity contribution in [3.8, 4) is 0 Å². The lowest BCUT2D eigenvalue weighted by atomic mass is 10.3. The quantitative estimate of drug-likeness (QED) is 0.694. The fourth-order valence-corrected chi connectivity index (χ4v) is 1.70. The zero-order chi connectivity index (χ0) is 10.7. The minimum atomic E-state index is 0.00551. The van der Waals surface area contributed by atoms with Crippen LogP contribution in [0.25, 0.3) is 0 Å². The SMILES string of the molecule is O=CN(c1ccccc1)N1CCCC1=O. The van der Waals surface area contributed by atoms with Crippen LogP contribution >= 0.6 is 0 Å². The summed E-state index contributed by atoms with van der Waals surface area (Å²) in [6.07, 6.45) is 2.02. The Kier molecular flexibility index (Phi) is 2.67. The van der Waals surface area contributed by atoms with Crippen molar-refractivity contribution in [3.63, 3.8) is 0 Å². The predicted molar refractivity (Wildman–Crippen MR) is 55.9 cm³/mol. The van der Waals surface area contributed by atoms with Crippen molar-refractivity contribution in [2.45, 2.75) is 12.8 Å². The third-order valence-electron chi connectivity index (χ3n) is 2.43. The van der Waals surface area contributed by atoms with Crippen LogP contribution in [0.3, 0.4) is 0 Å². The van der Waals surface area contributed by atoms with Gasteiger partial charge in [0, 0.05) is 13.0 Å². The molecule has 0 atom stereocenters. The van der Waals surface area contributed by atoms with E-state index in [1.807, 2.05) is 18.2 Å². The first kappa shape index (κ1) is 9.71. The Morgan fingerprint density at radius 3 is 2.53 bits per heavy atom. The molecule has 0 spiro atoms. The Morgan fingerprint density at radius 1 is 1.27 bits per heavy atom. The molecule has 1 heterocycles. The lowest BCUT2D eigenvalue weighted by Crippen LogP contribution is -2.42. The largest absolute Gasteiger partial charge is 0.276 e. The van der Waals surface area contributed by atoms with E-state index < -0.39 is 0 Å². The van der Waals surface area contributed by atoms with Crippen molar-refractivity contribution in [2.24, 2.45) is 0 Å². The average molecular weight is 204 g/mol. The van der Waals surface area contributed by atoms with Gasteiger partial charge >= 0.3 is 0 Å². The smallest absolute Gasteiger partial charge is 0.241 e. The van der Waals surface area contributed by atoms with E-state index in [-0.39, 0.29) is 5.91 Å². The van der Waals surface area contributed by atoms with Gasteiger partial charge < -0.3 is 0 Å². The maximum Gasteiger partial charge on any atom is 0.241 e. The summed E-state index contributed by atoms with van der Waals surface area (Å²) in [5, 5.41) is 2.86. The first-order valence-corrected chi connectivity index (χ1v) is 4.93. The fraction of sp³-hybridized carbons (Fsp3) is 0.273. The second kappa shape index (κ2) is 4.13. The second-order valence-corrected chi connectivity index (χ2v) is 3.41. The van der Waals surface area contributed by atoms with Gasteiger partial charge in [-0.05, 0) is 18.6 Å². The van der Waals surface area contributed by atoms with Crippen molar-refractivity contribution >= 4 is 18.0 Å². The number of amides is 2. The number of hydrogen-bond acceptors (Lipinski definition) is 2. The van der Waals surface area contributed by atoms with Crippen LogP contribution in [-0.4, -0.2) is 23.9 Å². The van der Waals surface area contributed by atoms with E-state index in [0.29, 0.717) is 19.4 Å². The monoisotopic (exact) mass is 204 g/mol. The molecule has 0 radical (unpaired) electrons. The normalized spacial score (nSPS) is 15.5. The molecule has 0 N–H and O–H groups in total. The first-order chi connectivity index (χ1) is 7.33. The van der Waals surface area contributed by atoms with Crippen molar-refractivity contribution in [3.05, 3.63) is 30.3 Å². The molecule has 2 amide bonds. The topological polar surface area (TPSA) is 40.6 Å². The molecule has 0 unspecified atom stereocenters. The number of benzene rings is 1. The lowest BCUT2D eigenvalue weighted by molar-refractivity contribution is -0.130. The van der Waals surface area contributed by atoms with Gasteiger partial charge in [-0.15, -0.1) is 0 Å². The van der Waals surface area contributed by atoms with Gasteiger partial charge in [0.25, 0.3) is 0 Å². The summed E-state index contributed by atoms with van der Waals surface area (Å²) in [4.78, 5) is 22.4. The molecule has 0 aliphatic carbocycles. The van der Waals surface area contributed by atoms with E-state index in [1.165, 1.54) is 10.0 Å². The van der Waals surface area contributed by atoms with Crippen molar-refractivity contribution in [1.29, 1.82) is 0 Å². The van der Waals surface area contributed by atoms with E-state index in [2.05, 4.69) is 0 Å². The third-order valence-corrected chi connectivity index (χ3v) is 2.43. The highest BCUT2D eigenvalue weighted by Gasteiger charge is 2.26. The van der Waals surface area contributed by atoms with Crippen molar-refractivity contribution < 1.29 is 9.59 Å². The number of hydrazine groups is 1. The number of anilines is 1. The van der Waals surface area contributed by atoms with Crippen LogP contribution in [0.5, 0.6) is 0 Å². The number of rotatable bonds is 3. The Morgan fingerprint density at radius 2 is 2.00 bits per heavy atom. The number of nitrogens with zero attached hydrogens (tertiary/aromatic N) is 2.